The quantitative estimate of drug-likeness (QED) is 0.702. The molecule has 0 aliphatic carbocycles. The molecule has 3 aromatic heterocycles. The van der Waals surface area contributed by atoms with Crippen LogP contribution in [0.5, 0.6) is 5.75 Å². The van der Waals surface area contributed by atoms with Gasteiger partial charge in [-0.15, -0.1) is 5.10 Å². The molecule has 0 aromatic carbocycles. The zero-order chi connectivity index (χ0) is 14.7. The Balaban J connectivity index is 1.69. The Morgan fingerprint density at radius 3 is 3.00 bits per heavy atom. The highest BCUT2D eigenvalue weighted by Crippen LogP contribution is 2.20. The van der Waals surface area contributed by atoms with Gasteiger partial charge in [-0.25, -0.2) is 4.68 Å². The van der Waals surface area contributed by atoms with E-state index < -0.39 is 11.2 Å². The topological polar surface area (TPSA) is 107 Å². The zero-order valence-corrected chi connectivity index (χ0v) is 11.5. The number of tetrazole rings is 1. The fourth-order valence-electron chi connectivity index (χ4n) is 1.60. The number of hydrogen-bond donors (Lipinski definition) is 1. The van der Waals surface area contributed by atoms with Crippen LogP contribution >= 0.6 is 11.8 Å². The maximum atomic E-state index is 11.3. The van der Waals surface area contributed by atoms with Gasteiger partial charge in [-0.05, 0) is 22.6 Å². The van der Waals surface area contributed by atoms with E-state index in [0.717, 1.165) is 12.0 Å². The van der Waals surface area contributed by atoms with Gasteiger partial charge in [0.25, 0.3) is 0 Å². The number of hydrogen-bond acceptors (Lipinski definition) is 8. The molecule has 3 rings (SSSR count). The second-order valence-corrected chi connectivity index (χ2v) is 5.03. The molecular formula is C12H10N4O4S. The average molecular weight is 306 g/mol. The van der Waals surface area contributed by atoms with Gasteiger partial charge in [0.05, 0.1) is 12.0 Å². The van der Waals surface area contributed by atoms with Crippen molar-refractivity contribution in [1.29, 1.82) is 0 Å². The molecule has 0 unspecified atom stereocenters. The molecule has 0 atom stereocenters. The van der Waals surface area contributed by atoms with Crippen LogP contribution in [-0.2, 0) is 12.3 Å². The summed E-state index contributed by atoms with van der Waals surface area (Å²) in [5.74, 6) is 1.12. The summed E-state index contributed by atoms with van der Waals surface area (Å²) in [4.78, 5) is 11.3. The van der Waals surface area contributed by atoms with Gasteiger partial charge in [0, 0.05) is 6.07 Å². The number of furan rings is 1. The zero-order valence-electron chi connectivity index (χ0n) is 10.7. The molecule has 0 radical (unpaired) electrons. The van der Waals surface area contributed by atoms with E-state index in [1.54, 1.807) is 17.0 Å². The van der Waals surface area contributed by atoms with E-state index in [1.807, 2.05) is 6.07 Å². The first-order valence-electron chi connectivity index (χ1n) is 5.94. The van der Waals surface area contributed by atoms with Crippen molar-refractivity contribution < 1.29 is 13.9 Å². The lowest BCUT2D eigenvalue weighted by Crippen LogP contribution is -2.03. The van der Waals surface area contributed by atoms with Crippen LogP contribution in [0.15, 0.2) is 49.5 Å². The first-order valence-corrected chi connectivity index (χ1v) is 6.93. The Bertz CT molecular complexity index is 781. The molecule has 0 saturated carbocycles. The van der Waals surface area contributed by atoms with Crippen LogP contribution < -0.4 is 5.43 Å². The van der Waals surface area contributed by atoms with Gasteiger partial charge in [-0.2, -0.15) is 0 Å². The summed E-state index contributed by atoms with van der Waals surface area (Å²) < 4.78 is 11.9. The van der Waals surface area contributed by atoms with Crippen molar-refractivity contribution in [3.8, 4) is 5.75 Å². The van der Waals surface area contributed by atoms with Crippen molar-refractivity contribution in [2.24, 2.45) is 0 Å². The molecule has 21 heavy (non-hydrogen) atoms. The van der Waals surface area contributed by atoms with Gasteiger partial charge in [-0.1, -0.05) is 11.8 Å². The first-order chi connectivity index (χ1) is 10.2. The van der Waals surface area contributed by atoms with E-state index in [4.69, 9.17) is 13.9 Å². The third kappa shape index (κ3) is 3.14. The van der Waals surface area contributed by atoms with Gasteiger partial charge >= 0.3 is 0 Å². The largest absolute Gasteiger partial charge is 0.502 e. The summed E-state index contributed by atoms with van der Waals surface area (Å²) in [6.07, 6.45) is 2.60. The van der Waals surface area contributed by atoms with E-state index in [1.165, 1.54) is 17.8 Å². The molecule has 0 spiro atoms. The molecule has 0 bridgehead atoms. The maximum Gasteiger partial charge on any atom is 0.226 e. The van der Waals surface area contributed by atoms with Gasteiger partial charge < -0.3 is 13.9 Å². The summed E-state index contributed by atoms with van der Waals surface area (Å²) >= 11 is 1.31. The fraction of sp³-hybridized carbons (Fsp3) is 0.167. The summed E-state index contributed by atoms with van der Waals surface area (Å²) in [5.41, 5.74) is -0.480. The third-order valence-corrected chi connectivity index (χ3v) is 3.57. The molecule has 108 valence electrons. The Kier molecular flexibility index (Phi) is 3.73. The highest BCUT2D eigenvalue weighted by atomic mass is 32.2. The summed E-state index contributed by atoms with van der Waals surface area (Å²) in [6, 6.07) is 4.86. The van der Waals surface area contributed by atoms with Crippen molar-refractivity contribution in [3.63, 3.8) is 0 Å². The minimum absolute atomic E-state index is 0.369. The molecule has 9 heteroatoms. The van der Waals surface area contributed by atoms with Crippen molar-refractivity contribution in [2.75, 3.05) is 0 Å². The van der Waals surface area contributed by atoms with Crippen LogP contribution in [0.1, 0.15) is 11.5 Å². The summed E-state index contributed by atoms with van der Waals surface area (Å²) in [5, 5.41) is 21.1. The molecular weight excluding hydrogens is 296 g/mol. The summed E-state index contributed by atoms with van der Waals surface area (Å²) in [7, 11) is 0. The molecule has 0 aliphatic rings. The van der Waals surface area contributed by atoms with Gasteiger partial charge in [0.2, 0.25) is 10.6 Å². The lowest BCUT2D eigenvalue weighted by Gasteiger charge is -2.02. The standard InChI is InChI=1S/C12H10N4O4S/c17-10-4-9(20-6-11(10)18)7-21-12-13-14-15-16(12)5-8-2-1-3-19-8/h1-4,6,18H,5,7H2. The second kappa shape index (κ2) is 5.83. The monoisotopic (exact) mass is 306 g/mol. The smallest absolute Gasteiger partial charge is 0.226 e. The fourth-order valence-corrected chi connectivity index (χ4v) is 2.37. The molecule has 0 fully saturated rings. The van der Waals surface area contributed by atoms with E-state index >= 15 is 0 Å². The Morgan fingerprint density at radius 1 is 1.33 bits per heavy atom. The van der Waals surface area contributed by atoms with E-state index in [-0.39, 0.29) is 0 Å². The van der Waals surface area contributed by atoms with Gasteiger partial charge in [0.1, 0.15) is 24.3 Å². The average Bonchev–Trinajstić information content (AvgIpc) is 3.13. The van der Waals surface area contributed by atoms with Crippen LogP contribution in [0.4, 0.5) is 0 Å². The molecule has 0 amide bonds. The van der Waals surface area contributed by atoms with Gasteiger partial charge in [-0.3, -0.25) is 4.79 Å². The number of aromatic nitrogens is 4. The predicted molar refractivity (Wildman–Crippen MR) is 71.8 cm³/mol. The van der Waals surface area contributed by atoms with Gasteiger partial charge in [0.15, 0.2) is 5.75 Å². The first kappa shape index (κ1) is 13.4. The molecule has 0 aliphatic heterocycles. The minimum Gasteiger partial charge on any atom is -0.502 e. The van der Waals surface area contributed by atoms with Crippen LogP contribution in [-0.4, -0.2) is 25.3 Å². The predicted octanol–water partition coefficient (Wildman–Crippen LogP) is 1.27. The minimum atomic E-state index is -0.480. The summed E-state index contributed by atoms with van der Waals surface area (Å²) in [6.45, 7) is 0.419. The lowest BCUT2D eigenvalue weighted by molar-refractivity contribution is 0.419. The number of aromatic hydroxyl groups is 1. The number of nitrogens with zero attached hydrogens (tertiary/aromatic N) is 4. The highest BCUT2D eigenvalue weighted by Gasteiger charge is 2.10. The second-order valence-electron chi connectivity index (χ2n) is 4.08. The van der Waals surface area contributed by atoms with Crippen molar-refractivity contribution in [2.45, 2.75) is 17.5 Å². The van der Waals surface area contributed by atoms with Crippen molar-refractivity contribution in [3.05, 3.63) is 52.5 Å². The van der Waals surface area contributed by atoms with Crippen molar-refractivity contribution >= 4 is 11.8 Å². The Labute approximate surface area is 122 Å². The Hall–Kier alpha value is -2.55. The third-order valence-electron chi connectivity index (χ3n) is 2.59. The van der Waals surface area contributed by atoms with E-state index in [0.29, 0.717) is 23.2 Å². The van der Waals surface area contributed by atoms with Crippen LogP contribution in [0, 0.1) is 0 Å². The molecule has 3 aromatic rings. The highest BCUT2D eigenvalue weighted by molar-refractivity contribution is 7.98. The van der Waals surface area contributed by atoms with Crippen LogP contribution in [0.25, 0.3) is 0 Å². The SMILES string of the molecule is O=c1cc(CSc2nnnn2Cc2ccco2)occ1O. The maximum absolute atomic E-state index is 11.3. The lowest BCUT2D eigenvalue weighted by atomic mass is 10.4. The van der Waals surface area contributed by atoms with E-state index in [9.17, 15) is 4.79 Å². The van der Waals surface area contributed by atoms with Crippen LogP contribution in [0.2, 0.25) is 0 Å². The normalized spacial score (nSPS) is 10.9. The van der Waals surface area contributed by atoms with Crippen LogP contribution in [0.3, 0.4) is 0 Å². The molecule has 8 nitrogen and oxygen atoms in total. The molecule has 1 N–H and O–H groups in total. The number of thioether (sulfide) groups is 1. The number of rotatable bonds is 5. The molecule has 3 heterocycles. The van der Waals surface area contributed by atoms with Crippen molar-refractivity contribution in [1.82, 2.24) is 20.2 Å². The Morgan fingerprint density at radius 2 is 2.24 bits per heavy atom. The molecule has 0 saturated heterocycles. The van der Waals surface area contributed by atoms with E-state index in [2.05, 4.69) is 15.5 Å².